The first-order chi connectivity index (χ1) is 15.3. The molecule has 170 valence electrons. The minimum Gasteiger partial charge on any atom is -0.496 e. The molecule has 1 saturated heterocycles. The second-order valence-corrected chi connectivity index (χ2v) is 9.51. The van der Waals surface area contributed by atoms with E-state index in [1.165, 1.54) is 5.56 Å². The number of hydrogen-bond acceptors (Lipinski definition) is 5. The zero-order chi connectivity index (χ0) is 22.9. The maximum Gasteiger partial charge on any atom is 0.407 e. The number of carboxylic acid groups (broad SMARTS) is 1. The van der Waals surface area contributed by atoms with E-state index in [0.717, 1.165) is 29.5 Å². The van der Waals surface area contributed by atoms with Crippen molar-refractivity contribution in [3.8, 4) is 5.75 Å². The number of benzene rings is 2. The van der Waals surface area contributed by atoms with Crippen molar-refractivity contribution < 1.29 is 14.6 Å². The van der Waals surface area contributed by atoms with Crippen molar-refractivity contribution in [2.45, 2.75) is 39.9 Å². The fourth-order valence-corrected chi connectivity index (χ4v) is 4.58. The summed E-state index contributed by atoms with van der Waals surface area (Å²) in [6.07, 6.45) is -0.855. The van der Waals surface area contributed by atoms with Crippen LogP contribution in [-0.4, -0.2) is 64.6 Å². The van der Waals surface area contributed by atoms with Crippen LogP contribution in [-0.2, 0) is 13.1 Å². The lowest BCUT2D eigenvalue weighted by molar-refractivity contribution is 0.0383. The molecule has 0 radical (unpaired) electrons. The van der Waals surface area contributed by atoms with Crippen LogP contribution in [0.2, 0.25) is 0 Å². The lowest BCUT2D eigenvalue weighted by atomic mass is 9.84. The third kappa shape index (κ3) is 4.38. The number of amides is 1. The van der Waals surface area contributed by atoms with Crippen LogP contribution < -0.4 is 4.74 Å². The fraction of sp³-hybridized carbons (Fsp3) is 0.440. The van der Waals surface area contributed by atoms with Crippen LogP contribution in [0.15, 0.2) is 53.5 Å². The Bertz CT molecular complexity index is 1010. The van der Waals surface area contributed by atoms with E-state index in [4.69, 9.17) is 9.73 Å². The number of aliphatic imine (C=N–C) groups is 1. The molecule has 0 saturated carbocycles. The highest BCUT2D eigenvalue weighted by molar-refractivity contribution is 5.85. The zero-order valence-electron chi connectivity index (χ0n) is 19.3. The Labute approximate surface area is 189 Å². The van der Waals surface area contributed by atoms with Crippen LogP contribution in [0.5, 0.6) is 5.75 Å². The maximum atomic E-state index is 11.9. The molecule has 1 fully saturated rings. The Kier molecular flexibility index (Phi) is 6.00. The van der Waals surface area contributed by atoms with Gasteiger partial charge in [-0.3, -0.25) is 0 Å². The predicted octanol–water partition coefficient (Wildman–Crippen LogP) is 4.41. The summed E-state index contributed by atoms with van der Waals surface area (Å²) < 4.78 is 5.59. The van der Waals surface area contributed by atoms with Gasteiger partial charge in [0.2, 0.25) is 5.96 Å². The standard InChI is InChI=1S/C25H32N4O3/c1-25(2,3)22-17-27(13-14-29(22)24(30)31)23-26-20-11-7-5-9-18(20)15-28(23)16-19-10-6-8-12-21(19)32-4/h5-12,22H,13-17H2,1-4H3,(H,30,31). The smallest absolute Gasteiger partial charge is 0.407 e. The molecule has 1 N–H and O–H groups in total. The number of methoxy groups -OCH3 is 1. The van der Waals surface area contributed by atoms with Crippen molar-refractivity contribution in [3.63, 3.8) is 0 Å². The van der Waals surface area contributed by atoms with Crippen LogP contribution >= 0.6 is 0 Å². The first-order valence-corrected chi connectivity index (χ1v) is 11.1. The quantitative estimate of drug-likeness (QED) is 0.772. The molecule has 32 heavy (non-hydrogen) atoms. The van der Waals surface area contributed by atoms with Gasteiger partial charge in [0.25, 0.3) is 0 Å². The summed E-state index contributed by atoms with van der Waals surface area (Å²) in [4.78, 5) is 23.0. The molecule has 0 bridgehead atoms. The lowest BCUT2D eigenvalue weighted by Gasteiger charge is -2.48. The van der Waals surface area contributed by atoms with E-state index < -0.39 is 6.09 Å². The summed E-state index contributed by atoms with van der Waals surface area (Å²) in [6, 6.07) is 16.1. The van der Waals surface area contributed by atoms with Gasteiger partial charge in [-0.2, -0.15) is 0 Å². The minimum absolute atomic E-state index is 0.123. The molecule has 0 aromatic heterocycles. The third-order valence-electron chi connectivity index (χ3n) is 6.32. The van der Waals surface area contributed by atoms with Crippen LogP contribution in [0.25, 0.3) is 0 Å². The topological polar surface area (TPSA) is 68.6 Å². The Morgan fingerprint density at radius 3 is 2.56 bits per heavy atom. The van der Waals surface area contributed by atoms with Crippen LogP contribution in [0.4, 0.5) is 10.5 Å². The summed E-state index contributed by atoms with van der Waals surface area (Å²) in [5.41, 5.74) is 3.07. The Morgan fingerprint density at radius 2 is 1.84 bits per heavy atom. The van der Waals surface area contributed by atoms with Gasteiger partial charge in [0.05, 0.1) is 18.8 Å². The van der Waals surface area contributed by atoms with E-state index in [0.29, 0.717) is 26.2 Å². The largest absolute Gasteiger partial charge is 0.496 e. The van der Waals surface area contributed by atoms with Gasteiger partial charge in [-0.25, -0.2) is 9.79 Å². The van der Waals surface area contributed by atoms with Crippen LogP contribution in [0.1, 0.15) is 31.9 Å². The number of fused-ring (bicyclic) bond motifs is 1. The van der Waals surface area contributed by atoms with Gasteiger partial charge in [0.15, 0.2) is 0 Å². The van der Waals surface area contributed by atoms with E-state index in [-0.39, 0.29) is 11.5 Å². The molecule has 7 nitrogen and oxygen atoms in total. The highest BCUT2D eigenvalue weighted by Gasteiger charge is 2.40. The SMILES string of the molecule is COc1ccccc1CN1Cc2ccccc2N=C1N1CCN(C(=O)O)C(C(C)(C)C)C1. The minimum atomic E-state index is -0.855. The molecule has 4 rings (SSSR count). The van der Waals surface area contributed by atoms with Crippen LogP contribution in [0, 0.1) is 5.41 Å². The summed E-state index contributed by atoms with van der Waals surface area (Å²) in [5, 5.41) is 9.76. The Balaban J connectivity index is 1.68. The summed E-state index contributed by atoms with van der Waals surface area (Å²) in [7, 11) is 1.69. The van der Waals surface area contributed by atoms with Gasteiger partial charge >= 0.3 is 6.09 Å². The average molecular weight is 437 g/mol. The number of carbonyl (C=O) groups is 1. The zero-order valence-corrected chi connectivity index (χ0v) is 19.3. The third-order valence-corrected chi connectivity index (χ3v) is 6.32. The molecule has 7 heteroatoms. The lowest BCUT2D eigenvalue weighted by Crippen LogP contribution is -2.62. The molecule has 0 aliphatic carbocycles. The van der Waals surface area contributed by atoms with Gasteiger partial charge in [-0.15, -0.1) is 0 Å². The van der Waals surface area contributed by atoms with Gasteiger partial charge in [-0.1, -0.05) is 57.2 Å². The summed E-state index contributed by atoms with van der Waals surface area (Å²) in [6.45, 7) is 9.38. The average Bonchev–Trinajstić information content (AvgIpc) is 2.78. The first-order valence-electron chi connectivity index (χ1n) is 11.1. The highest BCUT2D eigenvalue weighted by atomic mass is 16.5. The van der Waals surface area contributed by atoms with Crippen LogP contribution in [0.3, 0.4) is 0 Å². The molecule has 0 spiro atoms. The molecule has 1 amide bonds. The maximum absolute atomic E-state index is 11.9. The summed E-state index contributed by atoms with van der Waals surface area (Å²) in [5.74, 6) is 1.75. The van der Waals surface area contributed by atoms with E-state index in [1.807, 2.05) is 36.4 Å². The fourth-order valence-electron chi connectivity index (χ4n) is 4.58. The summed E-state index contributed by atoms with van der Waals surface area (Å²) >= 11 is 0. The highest BCUT2D eigenvalue weighted by Crippen LogP contribution is 2.33. The molecular weight excluding hydrogens is 404 g/mol. The number of rotatable bonds is 3. The number of ether oxygens (including phenoxy) is 1. The Morgan fingerprint density at radius 1 is 1.12 bits per heavy atom. The predicted molar refractivity (Wildman–Crippen MR) is 125 cm³/mol. The number of piperazine rings is 1. The molecular formula is C25H32N4O3. The molecule has 2 aliphatic heterocycles. The van der Waals surface area contributed by atoms with E-state index in [9.17, 15) is 9.90 Å². The monoisotopic (exact) mass is 436 g/mol. The van der Waals surface area contributed by atoms with E-state index >= 15 is 0 Å². The molecule has 2 heterocycles. The normalized spacial score (nSPS) is 18.8. The van der Waals surface area contributed by atoms with Crippen molar-refractivity contribution in [3.05, 3.63) is 59.7 Å². The van der Waals surface area contributed by atoms with Gasteiger partial charge in [0.1, 0.15) is 5.75 Å². The second-order valence-electron chi connectivity index (χ2n) is 9.51. The van der Waals surface area contributed by atoms with Crippen molar-refractivity contribution in [2.24, 2.45) is 10.4 Å². The number of para-hydroxylation sites is 2. The van der Waals surface area contributed by atoms with Crippen molar-refractivity contribution >= 4 is 17.7 Å². The van der Waals surface area contributed by atoms with Crippen molar-refractivity contribution in [1.29, 1.82) is 0 Å². The molecule has 2 aromatic rings. The molecule has 1 unspecified atom stereocenters. The van der Waals surface area contributed by atoms with E-state index in [1.54, 1.807) is 12.0 Å². The van der Waals surface area contributed by atoms with Crippen molar-refractivity contribution in [1.82, 2.24) is 14.7 Å². The van der Waals surface area contributed by atoms with Gasteiger partial charge in [0, 0.05) is 38.3 Å². The van der Waals surface area contributed by atoms with Gasteiger partial charge < -0.3 is 24.5 Å². The van der Waals surface area contributed by atoms with Gasteiger partial charge in [-0.05, 0) is 23.1 Å². The number of hydrogen-bond donors (Lipinski definition) is 1. The van der Waals surface area contributed by atoms with Crippen molar-refractivity contribution in [2.75, 3.05) is 26.7 Å². The molecule has 2 aromatic carbocycles. The molecule has 1 atom stereocenters. The van der Waals surface area contributed by atoms with E-state index in [2.05, 4.69) is 42.7 Å². The molecule has 2 aliphatic rings. The first kappa shape index (κ1) is 22.0. The second kappa shape index (κ2) is 8.73. The number of guanidine groups is 1. The number of nitrogens with zero attached hydrogens (tertiary/aromatic N) is 4. The Hall–Kier alpha value is -3.22.